The Labute approximate surface area is 112 Å². The summed E-state index contributed by atoms with van der Waals surface area (Å²) in [4.78, 5) is 7.96. The molecule has 0 radical (unpaired) electrons. The minimum Gasteiger partial charge on any atom is -0.365 e. The third-order valence-corrected chi connectivity index (χ3v) is 3.26. The maximum absolute atomic E-state index is 5.73. The summed E-state index contributed by atoms with van der Waals surface area (Å²) in [5, 5.41) is 7.58. The van der Waals surface area contributed by atoms with Gasteiger partial charge in [-0.2, -0.15) is 10.1 Å². The Hall–Kier alpha value is -1.14. The number of anilines is 1. The third-order valence-electron chi connectivity index (χ3n) is 2.50. The molecule has 2 heterocycles. The van der Waals surface area contributed by atoms with Crippen molar-refractivity contribution in [3.8, 4) is 0 Å². The summed E-state index contributed by atoms with van der Waals surface area (Å²) in [5.41, 5.74) is 2.24. The van der Waals surface area contributed by atoms with E-state index in [9.17, 15) is 0 Å². The zero-order valence-electron chi connectivity index (χ0n) is 9.41. The number of aryl methyl sites for hydroxylation is 1. The molecule has 0 bridgehead atoms. The number of hydrogen-bond acceptors (Lipinski definition) is 4. The Kier molecular flexibility index (Phi) is 3.63. The maximum Gasteiger partial charge on any atom is 0.224 e. The van der Waals surface area contributed by atoms with E-state index >= 15 is 0 Å². The Balaban J connectivity index is 2.12. The molecule has 0 aromatic carbocycles. The fourth-order valence-corrected chi connectivity index (χ4v) is 1.83. The van der Waals surface area contributed by atoms with Crippen LogP contribution in [0.25, 0.3) is 0 Å². The SMILES string of the molecule is Cc1c(CNc2nc(Cl)ncc2Br)cnn1C. The molecule has 17 heavy (non-hydrogen) atoms. The van der Waals surface area contributed by atoms with Crippen LogP contribution >= 0.6 is 27.5 Å². The molecule has 5 nitrogen and oxygen atoms in total. The summed E-state index contributed by atoms with van der Waals surface area (Å²) in [6.07, 6.45) is 3.45. The lowest BCUT2D eigenvalue weighted by Gasteiger charge is -2.07. The molecule has 7 heteroatoms. The quantitative estimate of drug-likeness (QED) is 0.884. The molecule has 0 fully saturated rings. The van der Waals surface area contributed by atoms with Crippen molar-refractivity contribution in [2.75, 3.05) is 5.32 Å². The van der Waals surface area contributed by atoms with Crippen LogP contribution in [-0.2, 0) is 13.6 Å². The number of nitrogens with zero attached hydrogens (tertiary/aromatic N) is 4. The van der Waals surface area contributed by atoms with Crippen LogP contribution in [0.15, 0.2) is 16.9 Å². The van der Waals surface area contributed by atoms with Crippen LogP contribution in [0.2, 0.25) is 5.28 Å². The van der Waals surface area contributed by atoms with Gasteiger partial charge in [-0.3, -0.25) is 4.68 Å². The Bertz CT molecular complexity index is 539. The molecule has 0 atom stereocenters. The van der Waals surface area contributed by atoms with Gasteiger partial charge in [0.2, 0.25) is 5.28 Å². The zero-order valence-corrected chi connectivity index (χ0v) is 11.7. The predicted octanol–water partition coefficient (Wildman–Crippen LogP) is 2.55. The first kappa shape index (κ1) is 12.3. The highest BCUT2D eigenvalue weighted by Crippen LogP contribution is 2.21. The first-order chi connectivity index (χ1) is 8.08. The van der Waals surface area contributed by atoms with Crippen molar-refractivity contribution in [1.82, 2.24) is 19.7 Å². The van der Waals surface area contributed by atoms with Crippen LogP contribution in [0.1, 0.15) is 11.3 Å². The van der Waals surface area contributed by atoms with E-state index < -0.39 is 0 Å². The summed E-state index contributed by atoms with van der Waals surface area (Å²) in [6, 6.07) is 0. The van der Waals surface area contributed by atoms with E-state index in [0.29, 0.717) is 12.4 Å². The van der Waals surface area contributed by atoms with E-state index in [-0.39, 0.29) is 5.28 Å². The van der Waals surface area contributed by atoms with Gasteiger partial charge in [0, 0.05) is 31.0 Å². The molecule has 2 aromatic rings. The van der Waals surface area contributed by atoms with E-state index in [1.54, 1.807) is 6.20 Å². The lowest BCUT2D eigenvalue weighted by Crippen LogP contribution is -2.04. The molecule has 1 N–H and O–H groups in total. The van der Waals surface area contributed by atoms with E-state index in [1.807, 2.05) is 24.9 Å². The van der Waals surface area contributed by atoms with Crippen LogP contribution in [0.4, 0.5) is 5.82 Å². The fourth-order valence-electron chi connectivity index (χ4n) is 1.37. The average Bonchev–Trinajstić information content (AvgIpc) is 2.62. The summed E-state index contributed by atoms with van der Waals surface area (Å²) < 4.78 is 2.61. The number of nitrogens with one attached hydrogen (secondary N) is 1. The average molecular weight is 317 g/mol. The van der Waals surface area contributed by atoms with Crippen molar-refractivity contribution < 1.29 is 0 Å². The first-order valence-corrected chi connectivity index (χ1v) is 6.14. The highest BCUT2D eigenvalue weighted by molar-refractivity contribution is 9.10. The van der Waals surface area contributed by atoms with Gasteiger partial charge >= 0.3 is 0 Å². The number of rotatable bonds is 3. The Morgan fingerprint density at radius 1 is 1.47 bits per heavy atom. The van der Waals surface area contributed by atoms with Crippen LogP contribution in [-0.4, -0.2) is 19.7 Å². The molecule has 0 aliphatic heterocycles. The molecule has 0 unspecified atom stereocenters. The number of halogens is 2. The third kappa shape index (κ3) is 2.76. The molecule has 0 saturated heterocycles. The second kappa shape index (κ2) is 5.01. The van der Waals surface area contributed by atoms with Crippen molar-refractivity contribution in [3.63, 3.8) is 0 Å². The first-order valence-electron chi connectivity index (χ1n) is 4.97. The standard InChI is InChI=1S/C10H11BrClN5/c1-6-7(4-15-17(6)2)3-13-9-8(11)5-14-10(12)16-9/h4-5H,3H2,1-2H3,(H,13,14,16). The smallest absolute Gasteiger partial charge is 0.224 e. The summed E-state index contributed by atoms with van der Waals surface area (Å²) in [6.45, 7) is 2.66. The zero-order chi connectivity index (χ0) is 12.4. The molecule has 2 rings (SSSR count). The van der Waals surface area contributed by atoms with Crippen molar-refractivity contribution in [1.29, 1.82) is 0 Å². The van der Waals surface area contributed by atoms with Crippen LogP contribution < -0.4 is 5.32 Å². The van der Waals surface area contributed by atoms with Crippen LogP contribution in [0, 0.1) is 6.92 Å². The van der Waals surface area contributed by atoms with E-state index in [4.69, 9.17) is 11.6 Å². The topological polar surface area (TPSA) is 55.6 Å². The van der Waals surface area contributed by atoms with Crippen LogP contribution in [0.5, 0.6) is 0 Å². The lowest BCUT2D eigenvalue weighted by molar-refractivity contribution is 0.738. The summed E-state index contributed by atoms with van der Waals surface area (Å²) in [5.74, 6) is 0.674. The minimum atomic E-state index is 0.221. The fraction of sp³-hybridized carbons (Fsp3) is 0.300. The second-order valence-electron chi connectivity index (χ2n) is 3.57. The van der Waals surface area contributed by atoms with Gasteiger partial charge in [0.05, 0.1) is 10.7 Å². The summed E-state index contributed by atoms with van der Waals surface area (Å²) in [7, 11) is 1.91. The predicted molar refractivity (Wildman–Crippen MR) is 70.0 cm³/mol. The Morgan fingerprint density at radius 2 is 2.24 bits per heavy atom. The molecule has 0 amide bonds. The minimum absolute atomic E-state index is 0.221. The molecular weight excluding hydrogens is 306 g/mol. The maximum atomic E-state index is 5.73. The molecule has 0 aliphatic rings. The van der Waals surface area contributed by atoms with Gasteiger partial charge in [-0.15, -0.1) is 0 Å². The normalized spacial score (nSPS) is 10.6. The molecule has 90 valence electrons. The van der Waals surface area contributed by atoms with Crippen molar-refractivity contribution in [2.45, 2.75) is 13.5 Å². The molecule has 0 saturated carbocycles. The van der Waals surface area contributed by atoms with Crippen molar-refractivity contribution >= 4 is 33.3 Å². The Morgan fingerprint density at radius 3 is 2.88 bits per heavy atom. The highest BCUT2D eigenvalue weighted by Gasteiger charge is 2.06. The van der Waals surface area contributed by atoms with Gasteiger partial charge in [-0.25, -0.2) is 4.98 Å². The number of hydrogen-bond donors (Lipinski definition) is 1. The van der Waals surface area contributed by atoms with Gasteiger partial charge in [-0.1, -0.05) is 0 Å². The summed E-state index contributed by atoms with van der Waals surface area (Å²) >= 11 is 9.10. The van der Waals surface area contributed by atoms with Crippen molar-refractivity contribution in [3.05, 3.63) is 33.4 Å². The lowest BCUT2D eigenvalue weighted by atomic mass is 10.2. The molecule has 0 aliphatic carbocycles. The van der Waals surface area contributed by atoms with Crippen LogP contribution in [0.3, 0.4) is 0 Å². The van der Waals surface area contributed by atoms with Gasteiger partial charge < -0.3 is 5.32 Å². The van der Waals surface area contributed by atoms with Gasteiger partial charge in [-0.05, 0) is 34.5 Å². The second-order valence-corrected chi connectivity index (χ2v) is 4.76. The monoisotopic (exact) mass is 315 g/mol. The highest BCUT2D eigenvalue weighted by atomic mass is 79.9. The van der Waals surface area contributed by atoms with E-state index in [0.717, 1.165) is 15.7 Å². The van der Waals surface area contributed by atoms with Crippen molar-refractivity contribution in [2.24, 2.45) is 7.05 Å². The van der Waals surface area contributed by atoms with Gasteiger partial charge in [0.15, 0.2) is 0 Å². The number of aromatic nitrogens is 4. The molecule has 2 aromatic heterocycles. The van der Waals surface area contributed by atoms with E-state index in [1.165, 1.54) is 0 Å². The van der Waals surface area contributed by atoms with Gasteiger partial charge in [0.25, 0.3) is 0 Å². The van der Waals surface area contributed by atoms with E-state index in [2.05, 4.69) is 36.3 Å². The molecular formula is C10H11BrClN5. The molecule has 0 spiro atoms. The van der Waals surface area contributed by atoms with Gasteiger partial charge in [0.1, 0.15) is 5.82 Å². The largest absolute Gasteiger partial charge is 0.365 e.